The molecular weight excluding hydrogens is 269 g/mol. The van der Waals surface area contributed by atoms with Gasteiger partial charge in [0.15, 0.2) is 11.6 Å². The molecule has 2 N–H and O–H groups in total. The number of rotatable bonds is 6. The van der Waals surface area contributed by atoms with Crippen molar-refractivity contribution in [3.8, 4) is 5.75 Å². The normalized spacial score (nSPS) is 12.2. The fourth-order valence-corrected chi connectivity index (χ4v) is 2.08. The summed E-state index contributed by atoms with van der Waals surface area (Å²) in [6, 6.07) is 12.6. The van der Waals surface area contributed by atoms with Gasteiger partial charge >= 0.3 is 0 Å². The number of aliphatic hydroxyl groups is 1. The maximum atomic E-state index is 13.5. The molecule has 0 heterocycles. The Labute approximate surface area is 124 Å². The molecular formula is C17H20FNO2. The molecule has 0 amide bonds. The van der Waals surface area contributed by atoms with Gasteiger partial charge in [0.05, 0.1) is 13.2 Å². The standard InChI is InChI=1S/C17H20FNO2/c1-12-3-6-14(7-4-12)16(20)11-19-10-13-5-8-17(21-2)15(18)9-13/h3-9,16,19-20H,10-11H2,1-2H3. The highest BCUT2D eigenvalue weighted by molar-refractivity contribution is 5.29. The van der Waals surface area contributed by atoms with Crippen LogP contribution in [0.1, 0.15) is 22.8 Å². The van der Waals surface area contributed by atoms with E-state index in [1.807, 2.05) is 31.2 Å². The first-order valence-electron chi connectivity index (χ1n) is 6.88. The molecule has 4 heteroatoms. The predicted molar refractivity (Wildman–Crippen MR) is 80.8 cm³/mol. The Morgan fingerprint density at radius 3 is 2.52 bits per heavy atom. The van der Waals surface area contributed by atoms with E-state index in [9.17, 15) is 9.50 Å². The van der Waals surface area contributed by atoms with E-state index in [-0.39, 0.29) is 11.6 Å². The fourth-order valence-electron chi connectivity index (χ4n) is 2.08. The average molecular weight is 289 g/mol. The van der Waals surface area contributed by atoms with Crippen molar-refractivity contribution in [3.63, 3.8) is 0 Å². The molecule has 0 saturated carbocycles. The van der Waals surface area contributed by atoms with Gasteiger partial charge in [-0.15, -0.1) is 0 Å². The molecule has 0 radical (unpaired) electrons. The van der Waals surface area contributed by atoms with Crippen LogP contribution in [0, 0.1) is 12.7 Å². The van der Waals surface area contributed by atoms with E-state index in [1.165, 1.54) is 13.2 Å². The number of halogens is 1. The van der Waals surface area contributed by atoms with Gasteiger partial charge in [-0.3, -0.25) is 0 Å². The Kier molecular flexibility index (Phi) is 5.31. The van der Waals surface area contributed by atoms with E-state index < -0.39 is 6.10 Å². The summed E-state index contributed by atoms with van der Waals surface area (Å²) in [4.78, 5) is 0. The monoisotopic (exact) mass is 289 g/mol. The van der Waals surface area contributed by atoms with E-state index >= 15 is 0 Å². The molecule has 0 aromatic heterocycles. The van der Waals surface area contributed by atoms with Crippen molar-refractivity contribution in [3.05, 3.63) is 65.0 Å². The van der Waals surface area contributed by atoms with Crippen molar-refractivity contribution in [1.82, 2.24) is 5.32 Å². The molecule has 0 aliphatic carbocycles. The van der Waals surface area contributed by atoms with Crippen LogP contribution in [-0.2, 0) is 6.54 Å². The summed E-state index contributed by atoms with van der Waals surface area (Å²) >= 11 is 0. The molecule has 0 aliphatic heterocycles. The third-order valence-corrected chi connectivity index (χ3v) is 3.35. The van der Waals surface area contributed by atoms with Crippen LogP contribution in [0.15, 0.2) is 42.5 Å². The van der Waals surface area contributed by atoms with Gasteiger partial charge in [-0.1, -0.05) is 35.9 Å². The third kappa shape index (κ3) is 4.28. The second-order valence-electron chi connectivity index (χ2n) is 5.03. The van der Waals surface area contributed by atoms with Crippen LogP contribution in [0.5, 0.6) is 5.75 Å². The second-order valence-corrected chi connectivity index (χ2v) is 5.03. The molecule has 0 fully saturated rings. The van der Waals surface area contributed by atoms with Crippen molar-refractivity contribution in [1.29, 1.82) is 0 Å². The first-order valence-corrected chi connectivity index (χ1v) is 6.88. The number of ether oxygens (including phenoxy) is 1. The smallest absolute Gasteiger partial charge is 0.165 e. The van der Waals surface area contributed by atoms with Gasteiger partial charge in [0.25, 0.3) is 0 Å². The third-order valence-electron chi connectivity index (χ3n) is 3.35. The highest BCUT2D eigenvalue weighted by Crippen LogP contribution is 2.18. The van der Waals surface area contributed by atoms with E-state index in [0.717, 1.165) is 16.7 Å². The lowest BCUT2D eigenvalue weighted by Crippen LogP contribution is -2.21. The summed E-state index contributed by atoms with van der Waals surface area (Å²) in [5, 5.41) is 13.2. The van der Waals surface area contributed by atoms with Crippen LogP contribution >= 0.6 is 0 Å². The summed E-state index contributed by atoms with van der Waals surface area (Å²) in [6.07, 6.45) is -0.575. The molecule has 2 rings (SSSR count). The lowest BCUT2D eigenvalue weighted by Gasteiger charge is -2.13. The van der Waals surface area contributed by atoms with Gasteiger partial charge < -0.3 is 15.2 Å². The number of methoxy groups -OCH3 is 1. The summed E-state index contributed by atoms with van der Waals surface area (Å²) in [6.45, 7) is 2.91. The zero-order chi connectivity index (χ0) is 15.2. The number of nitrogens with one attached hydrogen (secondary N) is 1. The second kappa shape index (κ2) is 7.20. The molecule has 2 aromatic rings. The van der Waals surface area contributed by atoms with Crippen LogP contribution in [0.25, 0.3) is 0 Å². The van der Waals surface area contributed by atoms with Crippen molar-refractivity contribution >= 4 is 0 Å². The molecule has 1 unspecified atom stereocenters. The minimum absolute atomic E-state index is 0.235. The lowest BCUT2D eigenvalue weighted by molar-refractivity contribution is 0.174. The number of hydrogen-bond acceptors (Lipinski definition) is 3. The quantitative estimate of drug-likeness (QED) is 0.859. The predicted octanol–water partition coefficient (Wildman–Crippen LogP) is 2.97. The van der Waals surface area contributed by atoms with Crippen LogP contribution in [-0.4, -0.2) is 18.8 Å². The van der Waals surface area contributed by atoms with Crippen molar-refractivity contribution in [2.75, 3.05) is 13.7 Å². The number of hydrogen-bond donors (Lipinski definition) is 2. The Bertz CT molecular complexity index is 584. The van der Waals surface area contributed by atoms with Gasteiger partial charge in [0, 0.05) is 13.1 Å². The van der Waals surface area contributed by atoms with Crippen LogP contribution < -0.4 is 10.1 Å². The Balaban J connectivity index is 1.86. The number of aliphatic hydroxyl groups excluding tert-OH is 1. The first kappa shape index (κ1) is 15.5. The lowest BCUT2D eigenvalue weighted by atomic mass is 10.1. The van der Waals surface area contributed by atoms with Gasteiger partial charge in [-0.05, 0) is 30.2 Å². The fraction of sp³-hybridized carbons (Fsp3) is 0.294. The summed E-state index contributed by atoms with van der Waals surface area (Å²) in [7, 11) is 1.44. The van der Waals surface area contributed by atoms with Crippen molar-refractivity contribution in [2.45, 2.75) is 19.6 Å². The Morgan fingerprint density at radius 1 is 1.19 bits per heavy atom. The van der Waals surface area contributed by atoms with E-state index in [4.69, 9.17) is 4.74 Å². The maximum absolute atomic E-state index is 13.5. The van der Waals surface area contributed by atoms with E-state index in [1.54, 1.807) is 12.1 Å². The minimum Gasteiger partial charge on any atom is -0.494 e. The number of aryl methyl sites for hydroxylation is 1. The molecule has 0 aliphatic rings. The highest BCUT2D eigenvalue weighted by Gasteiger charge is 2.07. The summed E-state index contributed by atoms with van der Waals surface area (Å²) in [5.74, 6) is -0.144. The molecule has 0 bridgehead atoms. The Hall–Kier alpha value is -1.91. The van der Waals surface area contributed by atoms with Crippen molar-refractivity contribution < 1.29 is 14.2 Å². The molecule has 112 valence electrons. The summed E-state index contributed by atoms with van der Waals surface area (Å²) in [5.41, 5.74) is 2.84. The van der Waals surface area contributed by atoms with Gasteiger partial charge in [0.1, 0.15) is 0 Å². The van der Waals surface area contributed by atoms with E-state index in [2.05, 4.69) is 5.32 Å². The van der Waals surface area contributed by atoms with E-state index in [0.29, 0.717) is 13.1 Å². The van der Waals surface area contributed by atoms with Gasteiger partial charge in [0.2, 0.25) is 0 Å². The van der Waals surface area contributed by atoms with Crippen LogP contribution in [0.4, 0.5) is 4.39 Å². The van der Waals surface area contributed by atoms with Crippen LogP contribution in [0.3, 0.4) is 0 Å². The largest absolute Gasteiger partial charge is 0.494 e. The van der Waals surface area contributed by atoms with Crippen molar-refractivity contribution in [2.24, 2.45) is 0 Å². The minimum atomic E-state index is -0.575. The molecule has 21 heavy (non-hydrogen) atoms. The Morgan fingerprint density at radius 2 is 1.90 bits per heavy atom. The zero-order valence-electron chi connectivity index (χ0n) is 12.3. The average Bonchev–Trinajstić information content (AvgIpc) is 2.48. The summed E-state index contributed by atoms with van der Waals surface area (Å²) < 4.78 is 18.4. The molecule has 2 aromatic carbocycles. The highest BCUT2D eigenvalue weighted by atomic mass is 19.1. The van der Waals surface area contributed by atoms with Crippen LogP contribution in [0.2, 0.25) is 0 Å². The maximum Gasteiger partial charge on any atom is 0.165 e. The molecule has 0 spiro atoms. The molecule has 1 atom stereocenters. The molecule has 0 saturated heterocycles. The van der Waals surface area contributed by atoms with Gasteiger partial charge in [-0.25, -0.2) is 4.39 Å². The topological polar surface area (TPSA) is 41.5 Å². The number of benzene rings is 2. The van der Waals surface area contributed by atoms with Gasteiger partial charge in [-0.2, -0.15) is 0 Å². The SMILES string of the molecule is COc1ccc(CNCC(O)c2ccc(C)cc2)cc1F. The molecule has 3 nitrogen and oxygen atoms in total. The first-order chi connectivity index (χ1) is 10.1. The zero-order valence-corrected chi connectivity index (χ0v) is 12.3.